The molecule has 1 unspecified atom stereocenters. The third-order valence-corrected chi connectivity index (χ3v) is 1.98. The van der Waals surface area contributed by atoms with Crippen molar-refractivity contribution >= 4 is 17.5 Å². The number of anilines is 1. The fraction of sp³-hybridized carbons (Fsp3) is 0.556. The predicted molar refractivity (Wildman–Crippen MR) is 58.6 cm³/mol. The zero-order valence-electron chi connectivity index (χ0n) is 8.42. The second-order valence-corrected chi connectivity index (χ2v) is 3.71. The largest absolute Gasteiger partial charge is 0.354 e. The lowest BCUT2D eigenvalue weighted by Crippen LogP contribution is -2.23. The third-order valence-electron chi connectivity index (χ3n) is 1.78. The van der Waals surface area contributed by atoms with Gasteiger partial charge in [-0.1, -0.05) is 18.5 Å². The smallest absolute Gasteiger partial charge is 0.222 e. The van der Waals surface area contributed by atoms with Gasteiger partial charge in [-0.2, -0.15) is 0 Å². The van der Waals surface area contributed by atoms with E-state index in [4.69, 9.17) is 11.6 Å². The molecule has 0 saturated heterocycles. The van der Waals surface area contributed by atoms with Crippen molar-refractivity contribution in [2.24, 2.45) is 5.92 Å². The highest BCUT2D eigenvalue weighted by molar-refractivity contribution is 6.30. The van der Waals surface area contributed by atoms with Crippen molar-refractivity contribution in [2.75, 3.05) is 25.5 Å². The Morgan fingerprint density at radius 2 is 2.00 bits per heavy atom. The van der Waals surface area contributed by atoms with E-state index in [2.05, 4.69) is 27.5 Å². The van der Waals surface area contributed by atoms with Crippen molar-refractivity contribution in [2.45, 2.75) is 6.92 Å². The van der Waals surface area contributed by atoms with E-state index in [1.54, 1.807) is 12.4 Å². The number of nitrogens with one attached hydrogen (secondary N) is 2. The molecule has 2 N–H and O–H groups in total. The second kappa shape index (κ2) is 5.78. The van der Waals surface area contributed by atoms with Crippen LogP contribution in [0.15, 0.2) is 12.4 Å². The van der Waals surface area contributed by atoms with Crippen LogP contribution in [0.5, 0.6) is 0 Å². The van der Waals surface area contributed by atoms with Gasteiger partial charge in [-0.05, 0) is 19.5 Å². The van der Waals surface area contributed by atoms with Crippen LogP contribution in [0.4, 0.5) is 5.95 Å². The Hall–Kier alpha value is -0.870. The summed E-state index contributed by atoms with van der Waals surface area (Å²) in [5.41, 5.74) is 0. The average molecular weight is 215 g/mol. The first-order chi connectivity index (χ1) is 6.72. The molecule has 1 aromatic heterocycles. The summed E-state index contributed by atoms with van der Waals surface area (Å²) in [6, 6.07) is 0. The van der Waals surface area contributed by atoms with E-state index in [0.717, 1.165) is 13.1 Å². The molecule has 1 heterocycles. The van der Waals surface area contributed by atoms with Gasteiger partial charge in [0, 0.05) is 6.54 Å². The minimum absolute atomic E-state index is 0.541. The molecule has 0 amide bonds. The first-order valence-corrected chi connectivity index (χ1v) is 4.96. The summed E-state index contributed by atoms with van der Waals surface area (Å²) in [6.07, 6.45) is 3.17. The van der Waals surface area contributed by atoms with E-state index in [1.165, 1.54) is 0 Å². The quantitative estimate of drug-likeness (QED) is 0.778. The Balaban J connectivity index is 2.34. The van der Waals surface area contributed by atoms with Gasteiger partial charge in [0.25, 0.3) is 0 Å². The Bertz CT molecular complexity index is 262. The third kappa shape index (κ3) is 3.89. The molecule has 0 aliphatic heterocycles. The van der Waals surface area contributed by atoms with Gasteiger partial charge in [0.15, 0.2) is 0 Å². The molecule has 1 aromatic rings. The van der Waals surface area contributed by atoms with Crippen LogP contribution in [0.3, 0.4) is 0 Å². The van der Waals surface area contributed by atoms with Crippen LogP contribution >= 0.6 is 11.6 Å². The van der Waals surface area contributed by atoms with E-state index in [0.29, 0.717) is 16.9 Å². The fourth-order valence-electron chi connectivity index (χ4n) is 1.09. The van der Waals surface area contributed by atoms with Crippen molar-refractivity contribution in [1.82, 2.24) is 15.3 Å². The molecule has 0 radical (unpaired) electrons. The van der Waals surface area contributed by atoms with Gasteiger partial charge in [0.2, 0.25) is 5.95 Å². The molecule has 14 heavy (non-hydrogen) atoms. The van der Waals surface area contributed by atoms with E-state index in [-0.39, 0.29) is 0 Å². The molecule has 0 fully saturated rings. The number of rotatable bonds is 5. The lowest BCUT2D eigenvalue weighted by molar-refractivity contribution is 0.568. The average Bonchev–Trinajstić information content (AvgIpc) is 2.17. The number of aromatic nitrogens is 2. The summed E-state index contributed by atoms with van der Waals surface area (Å²) in [7, 11) is 1.94. The molecule has 0 spiro atoms. The Labute approximate surface area is 89.1 Å². The van der Waals surface area contributed by atoms with E-state index >= 15 is 0 Å². The fourth-order valence-corrected chi connectivity index (χ4v) is 1.19. The minimum atomic E-state index is 0.541. The highest BCUT2D eigenvalue weighted by Gasteiger charge is 2.01. The van der Waals surface area contributed by atoms with Crippen LogP contribution in [0.2, 0.25) is 5.02 Å². The predicted octanol–water partition coefficient (Wildman–Crippen LogP) is 1.40. The highest BCUT2D eigenvalue weighted by Crippen LogP contribution is 2.05. The first-order valence-electron chi connectivity index (χ1n) is 4.58. The van der Waals surface area contributed by atoms with E-state index in [1.807, 2.05) is 7.05 Å². The molecule has 0 aliphatic carbocycles. The standard InChI is InChI=1S/C9H15ClN4/c1-7(3-11-2)4-12-9-13-5-8(10)6-14-9/h5-7,11H,3-4H2,1-2H3,(H,12,13,14). The SMILES string of the molecule is CNCC(C)CNc1ncc(Cl)cn1. The summed E-state index contributed by atoms with van der Waals surface area (Å²) in [5.74, 6) is 1.16. The van der Waals surface area contributed by atoms with Crippen LogP contribution < -0.4 is 10.6 Å². The van der Waals surface area contributed by atoms with Gasteiger partial charge in [0.1, 0.15) is 0 Å². The van der Waals surface area contributed by atoms with Crippen LogP contribution in [0.1, 0.15) is 6.92 Å². The van der Waals surface area contributed by atoms with Gasteiger partial charge in [-0.3, -0.25) is 0 Å². The number of hydrogen-bond acceptors (Lipinski definition) is 4. The maximum Gasteiger partial charge on any atom is 0.222 e. The van der Waals surface area contributed by atoms with Crippen LogP contribution in [0.25, 0.3) is 0 Å². The Morgan fingerprint density at radius 1 is 1.36 bits per heavy atom. The molecule has 78 valence electrons. The van der Waals surface area contributed by atoms with Crippen LogP contribution in [-0.2, 0) is 0 Å². The molecule has 0 saturated carbocycles. The Kier molecular flexibility index (Phi) is 4.62. The molecule has 4 nitrogen and oxygen atoms in total. The first kappa shape index (κ1) is 11.2. The summed E-state index contributed by atoms with van der Waals surface area (Å²) in [4.78, 5) is 8.07. The number of nitrogens with zero attached hydrogens (tertiary/aromatic N) is 2. The minimum Gasteiger partial charge on any atom is -0.354 e. The van der Waals surface area contributed by atoms with Crippen molar-refractivity contribution < 1.29 is 0 Å². The van der Waals surface area contributed by atoms with Gasteiger partial charge >= 0.3 is 0 Å². The Morgan fingerprint density at radius 3 is 2.57 bits per heavy atom. The maximum absolute atomic E-state index is 5.66. The van der Waals surface area contributed by atoms with Crippen LogP contribution in [-0.4, -0.2) is 30.1 Å². The summed E-state index contributed by atoms with van der Waals surface area (Å²) < 4.78 is 0. The number of halogens is 1. The van der Waals surface area contributed by atoms with Gasteiger partial charge in [0.05, 0.1) is 17.4 Å². The summed E-state index contributed by atoms with van der Waals surface area (Å²) >= 11 is 5.66. The summed E-state index contributed by atoms with van der Waals surface area (Å²) in [6.45, 7) is 3.97. The van der Waals surface area contributed by atoms with Gasteiger partial charge < -0.3 is 10.6 Å². The maximum atomic E-state index is 5.66. The zero-order chi connectivity index (χ0) is 10.4. The summed E-state index contributed by atoms with van der Waals surface area (Å²) in [5, 5.41) is 6.80. The molecule has 0 bridgehead atoms. The monoisotopic (exact) mass is 214 g/mol. The molecule has 5 heteroatoms. The second-order valence-electron chi connectivity index (χ2n) is 3.27. The molecular formula is C9H15ClN4. The highest BCUT2D eigenvalue weighted by atomic mass is 35.5. The molecule has 0 aromatic carbocycles. The normalized spacial score (nSPS) is 12.5. The zero-order valence-corrected chi connectivity index (χ0v) is 9.17. The van der Waals surface area contributed by atoms with Crippen molar-refractivity contribution in [3.05, 3.63) is 17.4 Å². The molecule has 1 atom stereocenters. The van der Waals surface area contributed by atoms with E-state index in [9.17, 15) is 0 Å². The van der Waals surface area contributed by atoms with Crippen molar-refractivity contribution in [1.29, 1.82) is 0 Å². The number of hydrogen-bond donors (Lipinski definition) is 2. The lowest BCUT2D eigenvalue weighted by Gasteiger charge is -2.11. The van der Waals surface area contributed by atoms with Crippen molar-refractivity contribution in [3.8, 4) is 0 Å². The van der Waals surface area contributed by atoms with E-state index < -0.39 is 0 Å². The lowest BCUT2D eigenvalue weighted by atomic mass is 10.2. The van der Waals surface area contributed by atoms with Gasteiger partial charge in [-0.15, -0.1) is 0 Å². The molecule has 0 aliphatic rings. The van der Waals surface area contributed by atoms with Crippen molar-refractivity contribution in [3.63, 3.8) is 0 Å². The molecule has 1 rings (SSSR count). The van der Waals surface area contributed by atoms with Crippen LogP contribution in [0, 0.1) is 5.92 Å². The van der Waals surface area contributed by atoms with Gasteiger partial charge in [-0.25, -0.2) is 9.97 Å². The topological polar surface area (TPSA) is 49.8 Å². The molecular weight excluding hydrogens is 200 g/mol.